The lowest BCUT2D eigenvalue weighted by Gasteiger charge is -2.08. The molecule has 0 amide bonds. The van der Waals surface area contributed by atoms with E-state index in [0.29, 0.717) is 17.1 Å². The third-order valence-corrected chi connectivity index (χ3v) is 5.65. The van der Waals surface area contributed by atoms with E-state index in [-0.39, 0.29) is 5.75 Å². The average molecular weight is 409 g/mol. The zero-order valence-corrected chi connectivity index (χ0v) is 18.1. The highest BCUT2D eigenvalue weighted by molar-refractivity contribution is 5.95. The van der Waals surface area contributed by atoms with Gasteiger partial charge in [0.05, 0.1) is 5.69 Å². The van der Waals surface area contributed by atoms with Crippen LogP contribution in [-0.2, 0) is 0 Å². The lowest BCUT2D eigenvalue weighted by atomic mass is 10.1. The standard InChI is InChI=1S/C26H24N4O/c1-16-8-7-11-22(18(16)3)27-28-23-14-12-17(2)19(4)25(23)29-30-26-21-10-6-5-9-20(21)13-15-24(26)31/h5-15,31H,1-4H3. The highest BCUT2D eigenvalue weighted by Crippen LogP contribution is 2.39. The Hall–Kier alpha value is -3.86. The first-order valence-electron chi connectivity index (χ1n) is 10.2. The van der Waals surface area contributed by atoms with Gasteiger partial charge in [-0.05, 0) is 73.5 Å². The molecule has 0 saturated heterocycles. The van der Waals surface area contributed by atoms with Crippen LogP contribution in [0, 0.1) is 27.7 Å². The Labute approximate surface area is 181 Å². The molecule has 0 aliphatic rings. The van der Waals surface area contributed by atoms with E-state index >= 15 is 0 Å². The number of nitrogens with zero attached hydrogens (tertiary/aromatic N) is 4. The second-order valence-electron chi connectivity index (χ2n) is 7.65. The number of fused-ring (bicyclic) bond motifs is 1. The fourth-order valence-corrected chi connectivity index (χ4v) is 3.39. The molecule has 0 saturated carbocycles. The second-order valence-corrected chi connectivity index (χ2v) is 7.65. The molecule has 0 aromatic heterocycles. The van der Waals surface area contributed by atoms with Crippen molar-refractivity contribution in [2.24, 2.45) is 20.5 Å². The number of hydrogen-bond acceptors (Lipinski definition) is 5. The molecule has 0 heterocycles. The minimum absolute atomic E-state index is 0.0892. The monoisotopic (exact) mass is 408 g/mol. The summed E-state index contributed by atoms with van der Waals surface area (Å²) in [7, 11) is 0. The van der Waals surface area contributed by atoms with Crippen LogP contribution in [0.2, 0.25) is 0 Å². The molecule has 5 nitrogen and oxygen atoms in total. The van der Waals surface area contributed by atoms with Gasteiger partial charge in [-0.1, -0.05) is 48.5 Å². The van der Waals surface area contributed by atoms with Gasteiger partial charge >= 0.3 is 0 Å². The molecule has 4 aromatic rings. The third-order valence-electron chi connectivity index (χ3n) is 5.65. The van der Waals surface area contributed by atoms with Crippen LogP contribution in [0.3, 0.4) is 0 Å². The van der Waals surface area contributed by atoms with Gasteiger partial charge in [-0.3, -0.25) is 0 Å². The Morgan fingerprint density at radius 3 is 2.10 bits per heavy atom. The normalized spacial score (nSPS) is 11.7. The maximum absolute atomic E-state index is 10.4. The van der Waals surface area contributed by atoms with Gasteiger partial charge in [0.1, 0.15) is 22.8 Å². The lowest BCUT2D eigenvalue weighted by molar-refractivity contribution is 0.477. The molecule has 4 aromatic carbocycles. The van der Waals surface area contributed by atoms with Crippen LogP contribution >= 0.6 is 0 Å². The summed E-state index contributed by atoms with van der Waals surface area (Å²) in [6.07, 6.45) is 0. The number of rotatable bonds is 4. The first-order chi connectivity index (χ1) is 15.0. The van der Waals surface area contributed by atoms with Crippen molar-refractivity contribution in [3.63, 3.8) is 0 Å². The third kappa shape index (κ3) is 4.08. The van der Waals surface area contributed by atoms with Gasteiger partial charge in [0.15, 0.2) is 0 Å². The number of aryl methyl sites for hydroxylation is 2. The molecule has 154 valence electrons. The zero-order valence-electron chi connectivity index (χ0n) is 18.1. The van der Waals surface area contributed by atoms with E-state index in [1.54, 1.807) is 6.07 Å². The maximum Gasteiger partial charge on any atom is 0.143 e. The summed E-state index contributed by atoms with van der Waals surface area (Å²) in [6, 6.07) is 21.2. The van der Waals surface area contributed by atoms with E-state index in [2.05, 4.69) is 33.4 Å². The predicted octanol–water partition coefficient (Wildman–Crippen LogP) is 8.61. The van der Waals surface area contributed by atoms with Crippen LogP contribution in [0.25, 0.3) is 10.8 Å². The van der Waals surface area contributed by atoms with Crippen molar-refractivity contribution >= 4 is 33.5 Å². The van der Waals surface area contributed by atoms with Crippen molar-refractivity contribution in [3.8, 4) is 5.75 Å². The Bertz CT molecular complexity index is 1340. The molecule has 4 rings (SSSR count). The van der Waals surface area contributed by atoms with Crippen molar-refractivity contribution in [2.45, 2.75) is 27.7 Å². The Balaban J connectivity index is 1.79. The minimum atomic E-state index is 0.0892. The first-order valence-corrected chi connectivity index (χ1v) is 10.2. The Kier molecular flexibility index (Phi) is 5.58. The van der Waals surface area contributed by atoms with Gasteiger partial charge in [-0.15, -0.1) is 15.3 Å². The molecular formula is C26H24N4O. The molecule has 0 aliphatic heterocycles. The van der Waals surface area contributed by atoms with Gasteiger partial charge < -0.3 is 5.11 Å². The van der Waals surface area contributed by atoms with Crippen molar-refractivity contribution < 1.29 is 5.11 Å². The fraction of sp³-hybridized carbons (Fsp3) is 0.154. The number of azo groups is 2. The van der Waals surface area contributed by atoms with Crippen LogP contribution in [-0.4, -0.2) is 5.11 Å². The summed E-state index contributed by atoms with van der Waals surface area (Å²) in [5.74, 6) is 0.0892. The van der Waals surface area contributed by atoms with Gasteiger partial charge in [-0.2, -0.15) is 5.11 Å². The van der Waals surface area contributed by atoms with E-state index < -0.39 is 0 Å². The summed E-state index contributed by atoms with van der Waals surface area (Å²) in [5, 5.41) is 30.1. The molecule has 31 heavy (non-hydrogen) atoms. The molecule has 0 fully saturated rings. The van der Waals surface area contributed by atoms with E-state index in [9.17, 15) is 5.11 Å². The zero-order chi connectivity index (χ0) is 22.0. The second kappa shape index (κ2) is 8.48. The summed E-state index contributed by atoms with van der Waals surface area (Å²) in [6.45, 7) is 8.10. The molecule has 0 spiro atoms. The van der Waals surface area contributed by atoms with Gasteiger partial charge in [0, 0.05) is 5.39 Å². The molecule has 0 atom stereocenters. The molecular weight excluding hydrogens is 384 g/mol. The maximum atomic E-state index is 10.4. The minimum Gasteiger partial charge on any atom is -0.506 e. The number of benzene rings is 4. The van der Waals surface area contributed by atoms with Crippen molar-refractivity contribution in [3.05, 3.63) is 89.0 Å². The predicted molar refractivity (Wildman–Crippen MR) is 126 cm³/mol. The van der Waals surface area contributed by atoms with Crippen LogP contribution in [0.1, 0.15) is 22.3 Å². The molecule has 0 bridgehead atoms. The number of aromatic hydroxyl groups is 1. The topological polar surface area (TPSA) is 69.7 Å². The average Bonchev–Trinajstić information content (AvgIpc) is 2.77. The van der Waals surface area contributed by atoms with Crippen molar-refractivity contribution in [2.75, 3.05) is 0 Å². The summed E-state index contributed by atoms with van der Waals surface area (Å²) in [4.78, 5) is 0. The SMILES string of the molecule is Cc1cccc(N=Nc2ccc(C)c(C)c2N=Nc2c(O)ccc3ccccc23)c1C. The van der Waals surface area contributed by atoms with Crippen LogP contribution in [0.15, 0.2) is 87.2 Å². The van der Waals surface area contributed by atoms with E-state index in [0.717, 1.165) is 33.2 Å². The Morgan fingerprint density at radius 1 is 0.548 bits per heavy atom. The quantitative estimate of drug-likeness (QED) is 0.337. The molecule has 0 unspecified atom stereocenters. The molecule has 0 aliphatic carbocycles. The van der Waals surface area contributed by atoms with Gasteiger partial charge in [0.25, 0.3) is 0 Å². The van der Waals surface area contributed by atoms with Gasteiger partial charge in [-0.25, -0.2) is 0 Å². The van der Waals surface area contributed by atoms with Crippen molar-refractivity contribution in [1.82, 2.24) is 0 Å². The van der Waals surface area contributed by atoms with Crippen LogP contribution in [0.4, 0.5) is 22.7 Å². The van der Waals surface area contributed by atoms with Crippen LogP contribution < -0.4 is 0 Å². The summed E-state index contributed by atoms with van der Waals surface area (Å²) < 4.78 is 0. The summed E-state index contributed by atoms with van der Waals surface area (Å²) in [5.41, 5.74) is 6.86. The van der Waals surface area contributed by atoms with Gasteiger partial charge in [0.2, 0.25) is 0 Å². The lowest BCUT2D eigenvalue weighted by Crippen LogP contribution is -1.82. The molecule has 1 N–H and O–H groups in total. The highest BCUT2D eigenvalue weighted by atomic mass is 16.3. The van der Waals surface area contributed by atoms with Crippen LogP contribution in [0.5, 0.6) is 5.75 Å². The number of phenolic OH excluding ortho intramolecular Hbond substituents is 1. The first kappa shape index (κ1) is 20.4. The molecule has 0 radical (unpaired) electrons. The van der Waals surface area contributed by atoms with E-state index in [1.807, 2.05) is 75.4 Å². The fourth-order valence-electron chi connectivity index (χ4n) is 3.39. The highest BCUT2D eigenvalue weighted by Gasteiger charge is 2.10. The van der Waals surface area contributed by atoms with E-state index in [4.69, 9.17) is 0 Å². The Morgan fingerprint density at radius 2 is 1.26 bits per heavy atom. The number of phenols is 1. The van der Waals surface area contributed by atoms with E-state index in [1.165, 1.54) is 5.56 Å². The summed E-state index contributed by atoms with van der Waals surface area (Å²) >= 11 is 0. The molecule has 5 heteroatoms. The smallest absolute Gasteiger partial charge is 0.143 e. The number of hydrogen-bond donors (Lipinski definition) is 1. The van der Waals surface area contributed by atoms with Crippen molar-refractivity contribution in [1.29, 1.82) is 0 Å². The largest absolute Gasteiger partial charge is 0.506 e.